The number of fused-ring (bicyclic) bond motifs is 8. The Kier molecular flexibility index (Phi) is 7.59. The number of para-hydroxylation sites is 1. The maximum atomic E-state index is 6.65. The molecule has 1 aromatic heterocycles. The molecule has 0 fully saturated rings. The smallest absolute Gasteiger partial charge is 0.140 e. The number of hydrogen-bond acceptors (Lipinski definition) is 2. The number of furan rings is 1. The summed E-state index contributed by atoms with van der Waals surface area (Å²) in [7, 11) is 0. The molecule has 58 heavy (non-hydrogen) atoms. The average Bonchev–Trinajstić information content (AvgIpc) is 3.85. The number of benzene rings is 8. The topological polar surface area (TPSA) is 16.4 Å². The predicted molar refractivity (Wildman–Crippen MR) is 242 cm³/mol. The van der Waals surface area contributed by atoms with Gasteiger partial charge in [-0.25, -0.2) is 0 Å². The second-order valence-electron chi connectivity index (χ2n) is 16.9. The molecule has 2 nitrogen and oxygen atoms in total. The minimum atomic E-state index is -0.166. The van der Waals surface area contributed by atoms with E-state index in [1.54, 1.807) is 0 Å². The SMILES string of the molecule is CC1(C)c2ccccc2-c2ccc(N(c3ccc(-c4ccc(-c5ccccc5)cc4)cc3)c3ccc(-c4cccc5c4-c4oc6ccccc6c4C5(C)C)cc3)cc21. The van der Waals surface area contributed by atoms with Gasteiger partial charge in [-0.2, -0.15) is 0 Å². The average molecular weight is 746 g/mol. The Bertz CT molecular complexity index is 3020. The van der Waals surface area contributed by atoms with E-state index in [9.17, 15) is 0 Å². The van der Waals surface area contributed by atoms with Crippen molar-refractivity contribution in [3.63, 3.8) is 0 Å². The third kappa shape index (κ3) is 5.18. The van der Waals surface area contributed by atoms with E-state index < -0.39 is 0 Å². The van der Waals surface area contributed by atoms with Crippen LogP contribution in [0.1, 0.15) is 49.9 Å². The molecule has 0 atom stereocenters. The van der Waals surface area contributed by atoms with Crippen LogP contribution in [0.25, 0.3) is 66.8 Å². The molecule has 2 aliphatic rings. The molecule has 0 unspecified atom stereocenters. The highest BCUT2D eigenvalue weighted by atomic mass is 16.3. The lowest BCUT2D eigenvalue weighted by Gasteiger charge is -2.28. The van der Waals surface area contributed by atoms with Gasteiger partial charge in [0.2, 0.25) is 0 Å². The van der Waals surface area contributed by atoms with Crippen molar-refractivity contribution in [1.29, 1.82) is 0 Å². The Morgan fingerprint density at radius 3 is 1.60 bits per heavy atom. The highest BCUT2D eigenvalue weighted by Gasteiger charge is 2.41. The maximum absolute atomic E-state index is 6.65. The summed E-state index contributed by atoms with van der Waals surface area (Å²) in [5.41, 5.74) is 20.4. The zero-order chi connectivity index (χ0) is 39.2. The monoisotopic (exact) mass is 745 g/mol. The van der Waals surface area contributed by atoms with Crippen LogP contribution in [-0.4, -0.2) is 0 Å². The molecule has 278 valence electrons. The predicted octanol–water partition coefficient (Wildman–Crippen LogP) is 15.5. The molecule has 8 aromatic carbocycles. The third-order valence-electron chi connectivity index (χ3n) is 12.9. The van der Waals surface area contributed by atoms with Crippen molar-refractivity contribution < 1.29 is 4.42 Å². The van der Waals surface area contributed by atoms with E-state index in [0.29, 0.717) is 0 Å². The Morgan fingerprint density at radius 2 is 0.897 bits per heavy atom. The molecule has 11 rings (SSSR count). The summed E-state index contributed by atoms with van der Waals surface area (Å²) in [6, 6.07) is 68.6. The van der Waals surface area contributed by atoms with Gasteiger partial charge in [0.15, 0.2) is 0 Å². The summed E-state index contributed by atoms with van der Waals surface area (Å²) in [5.74, 6) is 0.999. The first kappa shape index (κ1) is 34.4. The second-order valence-corrected chi connectivity index (χ2v) is 16.9. The van der Waals surface area contributed by atoms with Gasteiger partial charge >= 0.3 is 0 Å². The van der Waals surface area contributed by atoms with E-state index in [2.05, 4.69) is 221 Å². The first-order valence-electron chi connectivity index (χ1n) is 20.3. The first-order chi connectivity index (χ1) is 28.3. The Hall–Kier alpha value is -6.90. The van der Waals surface area contributed by atoms with Crippen molar-refractivity contribution >= 4 is 28.0 Å². The van der Waals surface area contributed by atoms with Gasteiger partial charge in [-0.1, -0.05) is 173 Å². The van der Waals surface area contributed by atoms with E-state index in [1.807, 2.05) is 0 Å². The molecule has 0 radical (unpaired) electrons. The normalized spacial score (nSPS) is 14.1. The van der Waals surface area contributed by atoms with E-state index in [1.165, 1.54) is 77.7 Å². The van der Waals surface area contributed by atoms with Crippen molar-refractivity contribution in [2.75, 3.05) is 4.90 Å². The largest absolute Gasteiger partial charge is 0.456 e. The van der Waals surface area contributed by atoms with Crippen molar-refractivity contribution in [2.24, 2.45) is 0 Å². The summed E-state index contributed by atoms with van der Waals surface area (Å²) >= 11 is 0. The highest BCUT2D eigenvalue weighted by Crippen LogP contribution is 2.56. The van der Waals surface area contributed by atoms with Crippen LogP contribution in [0, 0.1) is 0 Å². The zero-order valence-electron chi connectivity index (χ0n) is 33.3. The van der Waals surface area contributed by atoms with Crippen LogP contribution >= 0.6 is 0 Å². The van der Waals surface area contributed by atoms with Gasteiger partial charge in [-0.3, -0.25) is 0 Å². The molecule has 0 spiro atoms. The fraction of sp³-hybridized carbons (Fsp3) is 0.107. The molecule has 0 aliphatic heterocycles. The standard InChI is InChI=1S/C56H43NO/c1-55(2)48-18-10-8-15-45(48)46-34-33-43(35-50(46)55)57(41-29-25-39(26-30-41)38-23-21-37(22-24-38)36-13-6-5-7-14-36)42-31-27-40(28-32-42)44-17-12-19-49-52(44)54-53(56(49,3)4)47-16-9-11-20-51(47)58-54/h5-35H,1-4H3. The van der Waals surface area contributed by atoms with Crippen molar-refractivity contribution in [2.45, 2.75) is 38.5 Å². The van der Waals surface area contributed by atoms with Crippen molar-refractivity contribution in [3.8, 4) is 55.8 Å². The maximum Gasteiger partial charge on any atom is 0.140 e. The van der Waals surface area contributed by atoms with Gasteiger partial charge in [-0.15, -0.1) is 0 Å². The van der Waals surface area contributed by atoms with E-state index in [0.717, 1.165) is 28.4 Å². The summed E-state index contributed by atoms with van der Waals surface area (Å²) in [6.45, 7) is 9.36. The molecule has 2 heteroatoms. The molecule has 0 amide bonds. The fourth-order valence-electron chi connectivity index (χ4n) is 9.89. The molecule has 1 heterocycles. The van der Waals surface area contributed by atoms with Crippen LogP contribution in [0.4, 0.5) is 17.1 Å². The number of hydrogen-bond donors (Lipinski definition) is 0. The Morgan fingerprint density at radius 1 is 0.379 bits per heavy atom. The highest BCUT2D eigenvalue weighted by molar-refractivity contribution is 5.99. The lowest BCUT2D eigenvalue weighted by Crippen LogP contribution is -2.16. The molecule has 9 aromatic rings. The molecule has 0 N–H and O–H groups in total. The van der Waals surface area contributed by atoms with E-state index >= 15 is 0 Å². The van der Waals surface area contributed by atoms with Crippen molar-refractivity contribution in [3.05, 3.63) is 210 Å². The Balaban J connectivity index is 1.00. The van der Waals surface area contributed by atoms with Crippen LogP contribution in [-0.2, 0) is 10.8 Å². The van der Waals surface area contributed by atoms with Crippen LogP contribution in [0.15, 0.2) is 192 Å². The van der Waals surface area contributed by atoms with Gasteiger partial charge in [-0.05, 0) is 104 Å². The summed E-state index contributed by atoms with van der Waals surface area (Å²) in [5, 5.41) is 1.20. The quantitative estimate of drug-likeness (QED) is 0.169. The molecule has 0 saturated heterocycles. The lowest BCUT2D eigenvalue weighted by atomic mass is 9.81. The Labute approximate surface area is 340 Å². The second kappa shape index (κ2) is 12.8. The summed E-state index contributed by atoms with van der Waals surface area (Å²) in [6.07, 6.45) is 0. The van der Waals surface area contributed by atoms with Gasteiger partial charge < -0.3 is 9.32 Å². The number of rotatable bonds is 6. The van der Waals surface area contributed by atoms with Gasteiger partial charge in [0.25, 0.3) is 0 Å². The summed E-state index contributed by atoms with van der Waals surface area (Å²) in [4.78, 5) is 2.40. The minimum Gasteiger partial charge on any atom is -0.456 e. The van der Waals surface area contributed by atoms with Gasteiger partial charge in [0, 0.05) is 44.4 Å². The first-order valence-corrected chi connectivity index (χ1v) is 20.3. The zero-order valence-corrected chi connectivity index (χ0v) is 33.3. The molecular weight excluding hydrogens is 703 g/mol. The van der Waals surface area contributed by atoms with Gasteiger partial charge in [0.05, 0.1) is 0 Å². The molecule has 2 aliphatic carbocycles. The number of nitrogens with zero attached hydrogens (tertiary/aromatic N) is 1. The van der Waals surface area contributed by atoms with Crippen LogP contribution in [0.2, 0.25) is 0 Å². The van der Waals surface area contributed by atoms with Crippen molar-refractivity contribution in [1.82, 2.24) is 0 Å². The summed E-state index contributed by atoms with van der Waals surface area (Å²) < 4.78 is 6.65. The number of anilines is 3. The van der Waals surface area contributed by atoms with Crippen LogP contribution < -0.4 is 4.90 Å². The molecule has 0 bridgehead atoms. The van der Waals surface area contributed by atoms with Gasteiger partial charge in [0.1, 0.15) is 11.3 Å². The van der Waals surface area contributed by atoms with Crippen LogP contribution in [0.3, 0.4) is 0 Å². The third-order valence-corrected chi connectivity index (χ3v) is 12.9. The lowest BCUT2D eigenvalue weighted by molar-refractivity contribution is 0.619. The minimum absolute atomic E-state index is 0.107. The van der Waals surface area contributed by atoms with E-state index in [4.69, 9.17) is 4.42 Å². The molecular formula is C56H43NO. The van der Waals surface area contributed by atoms with E-state index in [-0.39, 0.29) is 10.8 Å². The molecule has 0 saturated carbocycles. The fourth-order valence-corrected chi connectivity index (χ4v) is 9.89. The van der Waals surface area contributed by atoms with Crippen LogP contribution in [0.5, 0.6) is 0 Å².